The molecule has 0 aliphatic carbocycles. The number of carbonyl (C=O) groups is 1. The van der Waals surface area contributed by atoms with E-state index < -0.39 is 0 Å². The molecule has 5 heteroatoms. The number of nitrogens with zero attached hydrogens (tertiary/aromatic N) is 1. The SMILES string of the molecule is Nc1cccc(NC(=O)N2CCCOCC2)c1. The summed E-state index contributed by atoms with van der Waals surface area (Å²) in [4.78, 5) is 13.7. The number of carbonyl (C=O) groups excluding carboxylic acids is 1. The Morgan fingerprint density at radius 3 is 3.06 bits per heavy atom. The molecule has 2 amide bonds. The Balaban J connectivity index is 1.95. The summed E-state index contributed by atoms with van der Waals surface area (Å²) in [7, 11) is 0. The van der Waals surface area contributed by atoms with E-state index in [1.807, 2.05) is 12.1 Å². The topological polar surface area (TPSA) is 67.6 Å². The van der Waals surface area contributed by atoms with Crippen LogP contribution < -0.4 is 11.1 Å². The summed E-state index contributed by atoms with van der Waals surface area (Å²) >= 11 is 0. The summed E-state index contributed by atoms with van der Waals surface area (Å²) in [5.74, 6) is 0. The first-order valence-electron chi connectivity index (χ1n) is 5.75. The van der Waals surface area contributed by atoms with Crippen molar-refractivity contribution in [3.8, 4) is 0 Å². The lowest BCUT2D eigenvalue weighted by Gasteiger charge is -2.20. The predicted octanol–water partition coefficient (Wildman–Crippen LogP) is 1.52. The first-order valence-corrected chi connectivity index (χ1v) is 5.75. The van der Waals surface area contributed by atoms with E-state index in [1.54, 1.807) is 17.0 Å². The Bertz CT molecular complexity index is 387. The number of hydrogen-bond donors (Lipinski definition) is 2. The van der Waals surface area contributed by atoms with E-state index in [1.165, 1.54) is 0 Å². The zero-order chi connectivity index (χ0) is 12.1. The van der Waals surface area contributed by atoms with Crippen LogP contribution >= 0.6 is 0 Å². The van der Waals surface area contributed by atoms with Crippen LogP contribution in [0.2, 0.25) is 0 Å². The third-order valence-corrected chi connectivity index (χ3v) is 2.65. The molecule has 92 valence electrons. The molecule has 0 atom stereocenters. The van der Waals surface area contributed by atoms with Crippen molar-refractivity contribution in [2.45, 2.75) is 6.42 Å². The van der Waals surface area contributed by atoms with Gasteiger partial charge in [0.1, 0.15) is 0 Å². The van der Waals surface area contributed by atoms with Gasteiger partial charge in [-0.05, 0) is 24.6 Å². The van der Waals surface area contributed by atoms with Crippen molar-refractivity contribution >= 4 is 17.4 Å². The second kappa shape index (κ2) is 5.54. The number of nitrogen functional groups attached to an aromatic ring is 1. The molecule has 1 saturated heterocycles. The van der Waals surface area contributed by atoms with E-state index >= 15 is 0 Å². The van der Waals surface area contributed by atoms with E-state index in [-0.39, 0.29) is 6.03 Å². The molecule has 1 aromatic carbocycles. The maximum absolute atomic E-state index is 12.0. The second-order valence-corrected chi connectivity index (χ2v) is 4.01. The van der Waals surface area contributed by atoms with Gasteiger partial charge in [-0.15, -0.1) is 0 Å². The predicted molar refractivity (Wildman–Crippen MR) is 66.9 cm³/mol. The molecular formula is C12H17N3O2. The molecule has 0 radical (unpaired) electrons. The molecule has 1 aliphatic rings. The van der Waals surface area contributed by atoms with Crippen LogP contribution in [0.15, 0.2) is 24.3 Å². The van der Waals surface area contributed by atoms with Crippen molar-refractivity contribution in [2.75, 3.05) is 37.4 Å². The lowest BCUT2D eigenvalue weighted by molar-refractivity contribution is 0.144. The maximum atomic E-state index is 12.0. The van der Waals surface area contributed by atoms with Crippen LogP contribution in [0.25, 0.3) is 0 Å². The van der Waals surface area contributed by atoms with Gasteiger partial charge in [0.25, 0.3) is 0 Å². The van der Waals surface area contributed by atoms with Crippen LogP contribution in [0.1, 0.15) is 6.42 Å². The minimum atomic E-state index is -0.0962. The number of nitrogens with one attached hydrogen (secondary N) is 1. The first-order chi connectivity index (χ1) is 8.25. The summed E-state index contributed by atoms with van der Waals surface area (Å²) in [5.41, 5.74) is 7.02. The number of rotatable bonds is 1. The fourth-order valence-electron chi connectivity index (χ4n) is 1.77. The van der Waals surface area contributed by atoms with Crippen molar-refractivity contribution in [1.29, 1.82) is 0 Å². The Morgan fingerprint density at radius 1 is 1.35 bits per heavy atom. The van der Waals surface area contributed by atoms with Gasteiger partial charge in [-0.1, -0.05) is 6.07 Å². The molecule has 0 aromatic heterocycles. The van der Waals surface area contributed by atoms with Crippen molar-refractivity contribution in [2.24, 2.45) is 0 Å². The van der Waals surface area contributed by atoms with Gasteiger partial charge in [-0.3, -0.25) is 0 Å². The number of hydrogen-bond acceptors (Lipinski definition) is 3. The van der Waals surface area contributed by atoms with E-state index in [0.717, 1.165) is 25.3 Å². The van der Waals surface area contributed by atoms with Gasteiger partial charge in [0, 0.05) is 31.1 Å². The molecule has 1 aromatic rings. The average Bonchev–Trinajstić information content (AvgIpc) is 2.57. The van der Waals surface area contributed by atoms with Crippen molar-refractivity contribution in [3.05, 3.63) is 24.3 Å². The van der Waals surface area contributed by atoms with Crippen LogP contribution in [-0.2, 0) is 4.74 Å². The molecule has 0 unspecified atom stereocenters. The third-order valence-electron chi connectivity index (χ3n) is 2.65. The van der Waals surface area contributed by atoms with Gasteiger partial charge in [-0.2, -0.15) is 0 Å². The zero-order valence-corrected chi connectivity index (χ0v) is 9.69. The smallest absolute Gasteiger partial charge is 0.321 e. The van der Waals surface area contributed by atoms with Gasteiger partial charge in [0.2, 0.25) is 0 Å². The number of anilines is 2. The minimum absolute atomic E-state index is 0.0962. The molecule has 17 heavy (non-hydrogen) atoms. The summed E-state index contributed by atoms with van der Waals surface area (Å²) < 4.78 is 5.30. The van der Waals surface area contributed by atoms with Crippen LogP contribution in [0.4, 0.5) is 16.2 Å². The molecule has 1 fully saturated rings. The summed E-state index contributed by atoms with van der Waals surface area (Å²) in [5, 5.41) is 2.83. The standard InChI is InChI=1S/C12H17N3O2/c13-10-3-1-4-11(9-10)14-12(16)15-5-2-7-17-8-6-15/h1,3-4,9H,2,5-8,13H2,(H,14,16). The Morgan fingerprint density at radius 2 is 2.24 bits per heavy atom. The molecule has 1 aliphatic heterocycles. The molecule has 0 spiro atoms. The highest BCUT2D eigenvalue weighted by Crippen LogP contribution is 2.12. The molecule has 1 heterocycles. The van der Waals surface area contributed by atoms with E-state index in [9.17, 15) is 4.79 Å². The monoisotopic (exact) mass is 235 g/mol. The summed E-state index contributed by atoms with van der Waals surface area (Å²) in [6.45, 7) is 2.69. The van der Waals surface area contributed by atoms with E-state index in [4.69, 9.17) is 10.5 Å². The largest absolute Gasteiger partial charge is 0.399 e. The molecule has 0 saturated carbocycles. The average molecular weight is 235 g/mol. The Hall–Kier alpha value is -1.75. The van der Waals surface area contributed by atoms with Crippen LogP contribution in [0.3, 0.4) is 0 Å². The highest BCUT2D eigenvalue weighted by Gasteiger charge is 2.15. The number of urea groups is 1. The molecule has 2 rings (SSSR count). The Kier molecular flexibility index (Phi) is 3.82. The number of nitrogens with two attached hydrogens (primary N) is 1. The number of ether oxygens (including phenoxy) is 1. The lowest BCUT2D eigenvalue weighted by Crippen LogP contribution is -2.36. The van der Waals surface area contributed by atoms with Gasteiger partial charge >= 0.3 is 6.03 Å². The number of benzene rings is 1. The zero-order valence-electron chi connectivity index (χ0n) is 9.69. The summed E-state index contributed by atoms with van der Waals surface area (Å²) in [6, 6.07) is 7.07. The minimum Gasteiger partial charge on any atom is -0.399 e. The van der Waals surface area contributed by atoms with Gasteiger partial charge < -0.3 is 20.7 Å². The van der Waals surface area contributed by atoms with Gasteiger partial charge in [0.15, 0.2) is 0 Å². The lowest BCUT2D eigenvalue weighted by atomic mass is 10.3. The van der Waals surface area contributed by atoms with Crippen molar-refractivity contribution in [1.82, 2.24) is 4.90 Å². The normalized spacial score (nSPS) is 16.4. The Labute approximate surface area is 101 Å². The molecule has 0 bridgehead atoms. The van der Waals surface area contributed by atoms with E-state index in [0.29, 0.717) is 18.8 Å². The van der Waals surface area contributed by atoms with E-state index in [2.05, 4.69) is 5.32 Å². The first kappa shape index (κ1) is 11.7. The quantitative estimate of drug-likeness (QED) is 0.725. The highest BCUT2D eigenvalue weighted by atomic mass is 16.5. The van der Waals surface area contributed by atoms with Crippen LogP contribution in [-0.4, -0.2) is 37.2 Å². The number of amides is 2. The van der Waals surface area contributed by atoms with Crippen molar-refractivity contribution < 1.29 is 9.53 Å². The highest BCUT2D eigenvalue weighted by molar-refractivity contribution is 5.89. The third kappa shape index (κ3) is 3.35. The maximum Gasteiger partial charge on any atom is 0.321 e. The van der Waals surface area contributed by atoms with Gasteiger partial charge in [0.05, 0.1) is 6.61 Å². The van der Waals surface area contributed by atoms with Crippen molar-refractivity contribution in [3.63, 3.8) is 0 Å². The second-order valence-electron chi connectivity index (χ2n) is 4.01. The molecule has 5 nitrogen and oxygen atoms in total. The fraction of sp³-hybridized carbons (Fsp3) is 0.417. The fourth-order valence-corrected chi connectivity index (χ4v) is 1.77. The summed E-state index contributed by atoms with van der Waals surface area (Å²) in [6.07, 6.45) is 0.879. The van der Waals surface area contributed by atoms with Gasteiger partial charge in [-0.25, -0.2) is 4.79 Å². The molecule has 3 N–H and O–H groups in total. The molecular weight excluding hydrogens is 218 g/mol. The van der Waals surface area contributed by atoms with Crippen LogP contribution in [0.5, 0.6) is 0 Å². The van der Waals surface area contributed by atoms with Crippen LogP contribution in [0, 0.1) is 0 Å².